The second kappa shape index (κ2) is 7.14. The average molecular weight is 383 g/mol. The number of nitrogens with zero attached hydrogens (tertiary/aromatic N) is 3. The normalized spacial score (nSPS) is 12.9. The quantitative estimate of drug-likeness (QED) is 0.379. The molecule has 2 aromatic heterocycles. The van der Waals surface area contributed by atoms with Gasteiger partial charge in [0.15, 0.2) is 5.16 Å². The average Bonchev–Trinajstić information content (AvgIpc) is 3.22. The zero-order chi connectivity index (χ0) is 18.1. The van der Waals surface area contributed by atoms with Crippen molar-refractivity contribution in [2.75, 3.05) is 12.9 Å². The van der Waals surface area contributed by atoms with Crippen LogP contribution in [0.1, 0.15) is 23.3 Å². The topological polar surface area (TPSA) is 67.9 Å². The summed E-state index contributed by atoms with van der Waals surface area (Å²) in [6.07, 6.45) is 3.50. The summed E-state index contributed by atoms with van der Waals surface area (Å²) < 4.78 is 6.98. The van der Waals surface area contributed by atoms with Gasteiger partial charge in [0.25, 0.3) is 5.56 Å². The molecule has 3 aromatic rings. The second-order valence-electron chi connectivity index (χ2n) is 6.03. The third-order valence-electron chi connectivity index (χ3n) is 4.46. The Balaban J connectivity index is 1.95. The van der Waals surface area contributed by atoms with Crippen LogP contribution in [0.3, 0.4) is 0 Å². The molecule has 0 spiro atoms. The summed E-state index contributed by atoms with van der Waals surface area (Å²) in [5.74, 6) is 1.29. The van der Waals surface area contributed by atoms with Crippen LogP contribution in [-0.2, 0) is 12.8 Å². The van der Waals surface area contributed by atoms with E-state index in [2.05, 4.69) is 6.07 Å². The smallest absolute Gasteiger partial charge is 0.267 e. The van der Waals surface area contributed by atoms with E-state index in [1.165, 1.54) is 22.2 Å². The van der Waals surface area contributed by atoms with Crippen LogP contribution >= 0.6 is 23.1 Å². The Bertz CT molecular complexity index is 1080. The standard InChI is InChI=1S/C19H17N3O2S2/c1-24-13-6-2-5-12(11-13)22-18(23)16-14-7-3-8-15(14)26-17(16)21-19(22)25-10-4-9-20/h2,5-6,11H,3-4,7-8,10H2,1H3. The first kappa shape index (κ1) is 17.1. The van der Waals surface area contributed by atoms with Gasteiger partial charge in [0.2, 0.25) is 0 Å². The molecule has 0 unspecified atom stereocenters. The highest BCUT2D eigenvalue weighted by molar-refractivity contribution is 7.99. The molecule has 7 heteroatoms. The largest absolute Gasteiger partial charge is 0.497 e. The molecule has 0 saturated carbocycles. The summed E-state index contributed by atoms with van der Waals surface area (Å²) >= 11 is 3.08. The highest BCUT2D eigenvalue weighted by atomic mass is 32.2. The van der Waals surface area contributed by atoms with Crippen LogP contribution in [0.25, 0.3) is 15.9 Å². The molecule has 0 radical (unpaired) electrons. The fourth-order valence-electron chi connectivity index (χ4n) is 3.29. The third-order valence-corrected chi connectivity index (χ3v) is 6.59. The van der Waals surface area contributed by atoms with Crippen molar-refractivity contribution in [3.8, 4) is 17.5 Å². The zero-order valence-electron chi connectivity index (χ0n) is 14.3. The van der Waals surface area contributed by atoms with Gasteiger partial charge < -0.3 is 4.74 Å². The van der Waals surface area contributed by atoms with Crippen LogP contribution in [0.15, 0.2) is 34.2 Å². The molecule has 132 valence electrons. The van der Waals surface area contributed by atoms with E-state index in [0.717, 1.165) is 35.2 Å². The lowest BCUT2D eigenvalue weighted by molar-refractivity contribution is 0.414. The molecule has 0 N–H and O–H groups in total. The molecule has 26 heavy (non-hydrogen) atoms. The van der Waals surface area contributed by atoms with Gasteiger partial charge in [-0.15, -0.1) is 11.3 Å². The van der Waals surface area contributed by atoms with Crippen LogP contribution in [0.4, 0.5) is 0 Å². The Hall–Kier alpha value is -2.30. The summed E-state index contributed by atoms with van der Waals surface area (Å²) in [6.45, 7) is 0. The molecule has 1 aromatic carbocycles. The minimum Gasteiger partial charge on any atom is -0.497 e. The Labute approximate surface area is 159 Å². The van der Waals surface area contributed by atoms with E-state index in [0.29, 0.717) is 23.1 Å². The van der Waals surface area contributed by atoms with Crippen LogP contribution in [0.2, 0.25) is 0 Å². The number of hydrogen-bond donors (Lipinski definition) is 0. The molecule has 0 amide bonds. The van der Waals surface area contributed by atoms with Gasteiger partial charge in [-0.1, -0.05) is 17.8 Å². The van der Waals surface area contributed by atoms with E-state index in [-0.39, 0.29) is 5.56 Å². The highest BCUT2D eigenvalue weighted by Gasteiger charge is 2.23. The molecule has 1 aliphatic rings. The predicted molar refractivity (Wildman–Crippen MR) is 105 cm³/mol. The number of hydrogen-bond acceptors (Lipinski definition) is 6. The molecule has 2 heterocycles. The molecule has 0 aliphatic heterocycles. The van der Waals surface area contributed by atoms with Gasteiger partial charge in [0.1, 0.15) is 10.6 Å². The maximum absolute atomic E-state index is 13.4. The van der Waals surface area contributed by atoms with Crippen LogP contribution in [0, 0.1) is 11.3 Å². The van der Waals surface area contributed by atoms with Crippen molar-refractivity contribution < 1.29 is 4.74 Å². The first-order valence-electron chi connectivity index (χ1n) is 8.44. The predicted octanol–water partition coefficient (Wildman–Crippen LogP) is 3.95. The van der Waals surface area contributed by atoms with Crippen molar-refractivity contribution in [1.82, 2.24) is 9.55 Å². The number of rotatable bonds is 5. The van der Waals surface area contributed by atoms with Gasteiger partial charge in [-0.2, -0.15) is 5.26 Å². The lowest BCUT2D eigenvalue weighted by Gasteiger charge is -2.13. The number of thioether (sulfide) groups is 1. The molecule has 0 fully saturated rings. The molecule has 5 nitrogen and oxygen atoms in total. The lowest BCUT2D eigenvalue weighted by Crippen LogP contribution is -2.22. The van der Waals surface area contributed by atoms with Gasteiger partial charge in [0.05, 0.1) is 24.3 Å². The number of nitriles is 1. The fraction of sp³-hybridized carbons (Fsp3) is 0.316. The summed E-state index contributed by atoms with van der Waals surface area (Å²) in [4.78, 5) is 20.3. The van der Waals surface area contributed by atoms with Crippen molar-refractivity contribution >= 4 is 33.3 Å². The summed E-state index contributed by atoms with van der Waals surface area (Å²) in [5, 5.41) is 10.2. The van der Waals surface area contributed by atoms with Crippen molar-refractivity contribution in [2.24, 2.45) is 0 Å². The first-order valence-corrected chi connectivity index (χ1v) is 10.2. The number of methoxy groups -OCH3 is 1. The van der Waals surface area contributed by atoms with Gasteiger partial charge in [-0.05, 0) is 37.0 Å². The van der Waals surface area contributed by atoms with E-state index >= 15 is 0 Å². The second-order valence-corrected chi connectivity index (χ2v) is 8.18. The molecule has 0 bridgehead atoms. The number of ether oxygens (including phenoxy) is 1. The number of aryl methyl sites for hydroxylation is 2. The van der Waals surface area contributed by atoms with Crippen molar-refractivity contribution in [3.05, 3.63) is 45.1 Å². The van der Waals surface area contributed by atoms with E-state index in [1.54, 1.807) is 23.0 Å². The molecular weight excluding hydrogens is 366 g/mol. The number of fused-ring (bicyclic) bond motifs is 3. The number of aromatic nitrogens is 2. The molecule has 0 saturated heterocycles. The van der Waals surface area contributed by atoms with E-state index in [4.69, 9.17) is 15.0 Å². The zero-order valence-corrected chi connectivity index (χ0v) is 16.0. The van der Waals surface area contributed by atoms with Crippen molar-refractivity contribution in [3.63, 3.8) is 0 Å². The summed E-state index contributed by atoms with van der Waals surface area (Å²) in [5.41, 5.74) is 1.89. The Kier molecular flexibility index (Phi) is 4.70. The van der Waals surface area contributed by atoms with Gasteiger partial charge in [0, 0.05) is 23.1 Å². The van der Waals surface area contributed by atoms with Crippen LogP contribution < -0.4 is 10.3 Å². The maximum atomic E-state index is 13.4. The van der Waals surface area contributed by atoms with Crippen molar-refractivity contribution in [2.45, 2.75) is 30.8 Å². The Morgan fingerprint density at radius 2 is 2.31 bits per heavy atom. The molecule has 0 atom stereocenters. The third kappa shape index (κ3) is 2.89. The first-order chi connectivity index (χ1) is 12.7. The van der Waals surface area contributed by atoms with Crippen molar-refractivity contribution in [1.29, 1.82) is 5.26 Å². The Morgan fingerprint density at radius 1 is 1.42 bits per heavy atom. The summed E-state index contributed by atoms with van der Waals surface area (Å²) in [7, 11) is 1.61. The van der Waals surface area contributed by atoms with Gasteiger partial charge in [-0.3, -0.25) is 9.36 Å². The lowest BCUT2D eigenvalue weighted by atomic mass is 10.2. The Morgan fingerprint density at radius 3 is 3.12 bits per heavy atom. The van der Waals surface area contributed by atoms with Gasteiger partial charge >= 0.3 is 0 Å². The van der Waals surface area contributed by atoms with E-state index in [1.807, 2.05) is 24.3 Å². The van der Waals surface area contributed by atoms with Crippen LogP contribution in [-0.4, -0.2) is 22.4 Å². The SMILES string of the molecule is COc1cccc(-n2c(SCCC#N)nc3sc4c(c3c2=O)CCC4)c1. The monoisotopic (exact) mass is 383 g/mol. The maximum Gasteiger partial charge on any atom is 0.267 e. The molecule has 1 aliphatic carbocycles. The number of benzene rings is 1. The van der Waals surface area contributed by atoms with E-state index in [9.17, 15) is 4.79 Å². The molecule has 4 rings (SSSR count). The minimum atomic E-state index is -0.0258. The highest BCUT2D eigenvalue weighted by Crippen LogP contribution is 2.36. The summed E-state index contributed by atoms with van der Waals surface area (Å²) in [6, 6.07) is 9.60. The molecular formula is C19H17N3O2S2. The fourth-order valence-corrected chi connectivity index (χ4v) is 5.45. The number of thiophene rings is 1. The van der Waals surface area contributed by atoms with Crippen LogP contribution in [0.5, 0.6) is 5.75 Å². The van der Waals surface area contributed by atoms with E-state index < -0.39 is 0 Å². The van der Waals surface area contributed by atoms with Gasteiger partial charge in [-0.25, -0.2) is 4.98 Å². The minimum absolute atomic E-state index is 0.0258.